The highest BCUT2D eigenvalue weighted by Gasteiger charge is 2.16. The highest BCUT2D eigenvalue weighted by molar-refractivity contribution is 5.94. The molecule has 0 aliphatic rings. The number of hydrazine groups is 1. The molecule has 0 fully saturated rings. The lowest BCUT2D eigenvalue weighted by atomic mass is 10.1. The molecule has 3 amide bonds. The molecule has 0 saturated carbocycles. The molecule has 3 aromatic carbocycles. The van der Waals surface area contributed by atoms with Crippen molar-refractivity contribution in [3.63, 3.8) is 0 Å². The van der Waals surface area contributed by atoms with E-state index in [1.807, 2.05) is 74.5 Å². The third-order valence-corrected chi connectivity index (χ3v) is 5.20. The molecule has 0 aliphatic heterocycles. The van der Waals surface area contributed by atoms with Gasteiger partial charge in [-0.25, -0.2) is 0 Å². The van der Waals surface area contributed by atoms with E-state index in [-0.39, 0.29) is 18.7 Å². The van der Waals surface area contributed by atoms with E-state index in [4.69, 9.17) is 4.74 Å². The number of hydrogen-bond acceptors (Lipinski definition) is 4. The number of amides is 3. The maximum atomic E-state index is 12.3. The Kier molecular flexibility index (Phi) is 8.40. The van der Waals surface area contributed by atoms with Gasteiger partial charge in [-0.15, -0.1) is 0 Å². The van der Waals surface area contributed by atoms with Crippen LogP contribution in [0, 0.1) is 13.8 Å². The number of nitrogens with one attached hydrogen (secondary N) is 3. The van der Waals surface area contributed by atoms with Crippen LogP contribution in [0.1, 0.15) is 30.9 Å². The predicted molar refractivity (Wildman–Crippen MR) is 132 cm³/mol. The second-order valence-corrected chi connectivity index (χ2v) is 8.05. The minimum atomic E-state index is -0.823. The Morgan fingerprint density at radius 2 is 1.44 bits per heavy atom. The Balaban J connectivity index is 1.39. The number of benzene rings is 3. The summed E-state index contributed by atoms with van der Waals surface area (Å²) < 4.78 is 5.66. The molecule has 34 heavy (non-hydrogen) atoms. The van der Waals surface area contributed by atoms with Gasteiger partial charge in [-0.05, 0) is 55.7 Å². The van der Waals surface area contributed by atoms with E-state index >= 15 is 0 Å². The average Bonchev–Trinajstić information content (AvgIpc) is 2.84. The summed E-state index contributed by atoms with van der Waals surface area (Å²) in [5.41, 5.74) is 9.55. The van der Waals surface area contributed by atoms with Crippen molar-refractivity contribution in [2.24, 2.45) is 0 Å². The number of carbonyl (C=O) groups is 3. The van der Waals surface area contributed by atoms with Gasteiger partial charge in [-0.1, -0.05) is 60.2 Å². The van der Waals surface area contributed by atoms with E-state index in [0.29, 0.717) is 11.4 Å². The molecule has 3 N–H and O–H groups in total. The highest BCUT2D eigenvalue weighted by Crippen LogP contribution is 2.22. The summed E-state index contributed by atoms with van der Waals surface area (Å²) in [5.74, 6) is -0.704. The zero-order chi connectivity index (χ0) is 24.5. The number of carbonyl (C=O) groups excluding carboxylic acids is 3. The van der Waals surface area contributed by atoms with Gasteiger partial charge in [0.2, 0.25) is 11.8 Å². The van der Waals surface area contributed by atoms with Crippen molar-refractivity contribution >= 4 is 23.4 Å². The minimum absolute atomic E-state index is 0.00512. The van der Waals surface area contributed by atoms with Crippen molar-refractivity contribution in [1.29, 1.82) is 0 Å². The Morgan fingerprint density at radius 1 is 0.794 bits per heavy atom. The number of rotatable bonds is 8. The van der Waals surface area contributed by atoms with E-state index in [2.05, 4.69) is 16.2 Å². The number of aryl methyl sites for hydroxylation is 2. The Bertz CT molecular complexity index is 1140. The van der Waals surface area contributed by atoms with Crippen molar-refractivity contribution in [3.05, 3.63) is 83.9 Å². The maximum absolute atomic E-state index is 12.3. The molecule has 0 aliphatic carbocycles. The van der Waals surface area contributed by atoms with Gasteiger partial charge in [0.1, 0.15) is 5.75 Å². The van der Waals surface area contributed by atoms with Crippen molar-refractivity contribution in [2.75, 3.05) is 5.32 Å². The first-order valence-electron chi connectivity index (χ1n) is 11.1. The maximum Gasteiger partial charge on any atom is 0.279 e. The van der Waals surface area contributed by atoms with Crippen LogP contribution in [-0.4, -0.2) is 23.8 Å². The van der Waals surface area contributed by atoms with Crippen LogP contribution < -0.4 is 20.9 Å². The minimum Gasteiger partial charge on any atom is -0.481 e. The van der Waals surface area contributed by atoms with Gasteiger partial charge in [-0.2, -0.15) is 0 Å². The molecule has 0 spiro atoms. The fourth-order valence-corrected chi connectivity index (χ4v) is 3.30. The molecule has 7 heteroatoms. The second-order valence-electron chi connectivity index (χ2n) is 8.05. The molecule has 1 unspecified atom stereocenters. The van der Waals surface area contributed by atoms with E-state index in [0.717, 1.165) is 22.3 Å². The second kappa shape index (κ2) is 11.7. The van der Waals surface area contributed by atoms with E-state index in [1.165, 1.54) is 0 Å². The van der Waals surface area contributed by atoms with Crippen molar-refractivity contribution in [3.8, 4) is 16.9 Å². The van der Waals surface area contributed by atoms with Gasteiger partial charge in [-0.3, -0.25) is 25.2 Å². The van der Waals surface area contributed by atoms with Gasteiger partial charge in [0.15, 0.2) is 6.10 Å². The largest absolute Gasteiger partial charge is 0.481 e. The lowest BCUT2D eigenvalue weighted by molar-refractivity contribution is -0.133. The van der Waals surface area contributed by atoms with Crippen LogP contribution >= 0.6 is 0 Å². The number of hydrogen-bond donors (Lipinski definition) is 3. The summed E-state index contributed by atoms with van der Waals surface area (Å²) in [6.07, 6.45) is -0.891. The number of ether oxygens (including phenoxy) is 1. The molecule has 0 saturated heterocycles. The van der Waals surface area contributed by atoms with E-state index < -0.39 is 17.9 Å². The highest BCUT2D eigenvalue weighted by atomic mass is 16.5. The zero-order valence-electron chi connectivity index (χ0n) is 19.6. The molecule has 0 heterocycles. The van der Waals surface area contributed by atoms with Crippen LogP contribution in [0.4, 0.5) is 5.69 Å². The molecule has 0 radical (unpaired) electrons. The quantitative estimate of drug-likeness (QED) is 0.438. The van der Waals surface area contributed by atoms with E-state index in [9.17, 15) is 14.4 Å². The molecular formula is C27H29N3O4. The summed E-state index contributed by atoms with van der Waals surface area (Å²) in [5, 5.41) is 2.79. The van der Waals surface area contributed by atoms with Gasteiger partial charge < -0.3 is 10.1 Å². The van der Waals surface area contributed by atoms with Gasteiger partial charge in [0, 0.05) is 18.5 Å². The average molecular weight is 460 g/mol. The van der Waals surface area contributed by atoms with Crippen LogP contribution in [0.5, 0.6) is 5.75 Å². The standard InChI is InChI=1S/C27H29N3O4/c1-18-9-14-24(19(2)17-18)28-25(31)15-16-26(32)29-30-27(33)20(3)34-23-12-10-22(11-13-23)21-7-5-4-6-8-21/h4-14,17,20H,15-16H2,1-3H3,(H,28,31)(H,29,32)(H,30,33). The summed E-state index contributed by atoms with van der Waals surface area (Å²) in [6, 6.07) is 23.1. The van der Waals surface area contributed by atoms with Crippen LogP contribution in [0.25, 0.3) is 11.1 Å². The smallest absolute Gasteiger partial charge is 0.279 e. The SMILES string of the molecule is Cc1ccc(NC(=O)CCC(=O)NNC(=O)C(C)Oc2ccc(-c3ccccc3)cc2)c(C)c1. The number of anilines is 1. The summed E-state index contributed by atoms with van der Waals surface area (Å²) >= 11 is 0. The Morgan fingerprint density at radius 3 is 2.12 bits per heavy atom. The lowest BCUT2D eigenvalue weighted by Crippen LogP contribution is -2.47. The monoisotopic (exact) mass is 459 g/mol. The molecule has 0 bridgehead atoms. The predicted octanol–water partition coefficient (Wildman–Crippen LogP) is 4.30. The van der Waals surface area contributed by atoms with Crippen LogP contribution in [0.15, 0.2) is 72.8 Å². The Labute approximate surface area is 199 Å². The molecule has 0 aromatic heterocycles. The molecule has 3 rings (SSSR count). The summed E-state index contributed by atoms with van der Waals surface area (Å²) in [4.78, 5) is 36.4. The normalized spacial score (nSPS) is 11.3. The van der Waals surface area contributed by atoms with Crippen molar-refractivity contribution in [2.45, 2.75) is 39.7 Å². The third-order valence-electron chi connectivity index (χ3n) is 5.20. The summed E-state index contributed by atoms with van der Waals surface area (Å²) in [7, 11) is 0. The molecule has 176 valence electrons. The van der Waals surface area contributed by atoms with Crippen LogP contribution in [-0.2, 0) is 14.4 Å². The van der Waals surface area contributed by atoms with E-state index in [1.54, 1.807) is 19.1 Å². The van der Waals surface area contributed by atoms with Gasteiger partial charge in [0.05, 0.1) is 0 Å². The summed E-state index contributed by atoms with van der Waals surface area (Å²) in [6.45, 7) is 5.47. The van der Waals surface area contributed by atoms with Gasteiger partial charge in [0.25, 0.3) is 5.91 Å². The Hall–Kier alpha value is -4.13. The fraction of sp³-hybridized carbons (Fsp3) is 0.222. The molecule has 3 aromatic rings. The van der Waals surface area contributed by atoms with Gasteiger partial charge >= 0.3 is 0 Å². The first kappa shape index (κ1) is 24.5. The molecule has 7 nitrogen and oxygen atoms in total. The molecule has 1 atom stereocenters. The van der Waals surface area contributed by atoms with Crippen LogP contribution in [0.2, 0.25) is 0 Å². The van der Waals surface area contributed by atoms with Crippen molar-refractivity contribution in [1.82, 2.24) is 10.9 Å². The lowest BCUT2D eigenvalue weighted by Gasteiger charge is -2.15. The van der Waals surface area contributed by atoms with Crippen LogP contribution in [0.3, 0.4) is 0 Å². The zero-order valence-corrected chi connectivity index (χ0v) is 19.6. The first-order valence-corrected chi connectivity index (χ1v) is 11.1. The third kappa shape index (κ3) is 7.20. The topological polar surface area (TPSA) is 96.5 Å². The first-order chi connectivity index (χ1) is 16.3. The molecular weight excluding hydrogens is 430 g/mol. The fourth-order valence-electron chi connectivity index (χ4n) is 3.30. The van der Waals surface area contributed by atoms with Crippen molar-refractivity contribution < 1.29 is 19.1 Å².